The highest BCUT2D eigenvalue weighted by Gasteiger charge is 2.24. The minimum Gasteiger partial charge on any atom is -0.453 e. The van der Waals surface area contributed by atoms with E-state index in [1.807, 2.05) is 60.7 Å². The van der Waals surface area contributed by atoms with Crippen molar-refractivity contribution in [3.8, 4) is 62.1 Å². The van der Waals surface area contributed by atoms with Gasteiger partial charge in [0.1, 0.15) is 5.58 Å². The summed E-state index contributed by atoms with van der Waals surface area (Å²) in [4.78, 5) is 15.4. The van der Waals surface area contributed by atoms with Crippen molar-refractivity contribution < 1.29 is 4.42 Å². The molecule has 0 fully saturated rings. The molecule has 9 aromatic carbocycles. The Balaban J connectivity index is 1.15. The van der Waals surface area contributed by atoms with Crippen molar-refractivity contribution in [1.82, 2.24) is 19.5 Å². The Hall–Kier alpha value is -8.15. The predicted molar refractivity (Wildman–Crippen MR) is 246 cm³/mol. The van der Waals surface area contributed by atoms with Crippen LogP contribution >= 0.6 is 0 Å². The second-order valence-electron chi connectivity index (χ2n) is 15.2. The second kappa shape index (κ2) is 13.8. The number of hydrogen-bond acceptors (Lipinski definition) is 4. The van der Waals surface area contributed by atoms with Crippen LogP contribution in [0.2, 0.25) is 0 Å². The van der Waals surface area contributed by atoms with E-state index < -0.39 is 0 Å². The van der Waals surface area contributed by atoms with Gasteiger partial charge in [-0.2, -0.15) is 0 Å². The fraction of sp³-hybridized carbons (Fsp3) is 0. The molecule has 60 heavy (non-hydrogen) atoms. The molecule has 3 aromatic heterocycles. The zero-order valence-electron chi connectivity index (χ0n) is 32.3. The third kappa shape index (κ3) is 5.52. The lowest BCUT2D eigenvalue weighted by Crippen LogP contribution is -2.00. The molecule has 280 valence electrons. The van der Waals surface area contributed by atoms with Gasteiger partial charge in [-0.3, -0.25) is 0 Å². The van der Waals surface area contributed by atoms with Crippen LogP contribution in [-0.4, -0.2) is 19.5 Å². The Labute approximate surface area is 345 Å². The maximum absolute atomic E-state index is 7.20. The van der Waals surface area contributed by atoms with E-state index in [1.165, 1.54) is 33.0 Å². The molecule has 12 rings (SSSR count). The van der Waals surface area contributed by atoms with Crippen LogP contribution in [0.15, 0.2) is 211 Å². The topological polar surface area (TPSA) is 56.7 Å². The van der Waals surface area contributed by atoms with Gasteiger partial charge in [0.15, 0.2) is 23.1 Å². The van der Waals surface area contributed by atoms with E-state index in [0.717, 1.165) is 66.1 Å². The van der Waals surface area contributed by atoms with Crippen LogP contribution < -0.4 is 0 Å². The number of hydrogen-bond donors (Lipinski definition) is 0. The molecule has 0 aliphatic carbocycles. The van der Waals surface area contributed by atoms with Crippen molar-refractivity contribution in [2.75, 3.05) is 0 Å². The third-order valence-electron chi connectivity index (χ3n) is 11.6. The average Bonchev–Trinajstić information content (AvgIpc) is 3.88. The van der Waals surface area contributed by atoms with Gasteiger partial charge >= 0.3 is 0 Å². The molecular formula is C55H34N4O. The van der Waals surface area contributed by atoms with E-state index in [2.05, 4.69) is 150 Å². The van der Waals surface area contributed by atoms with Gasteiger partial charge in [0.2, 0.25) is 0 Å². The zero-order chi connectivity index (χ0) is 39.6. The Morgan fingerprint density at radius 3 is 1.38 bits per heavy atom. The van der Waals surface area contributed by atoms with Gasteiger partial charge in [0.05, 0.1) is 16.7 Å². The number of fused-ring (bicyclic) bond motifs is 8. The first-order chi connectivity index (χ1) is 29.7. The number of aromatic nitrogens is 4. The van der Waals surface area contributed by atoms with Gasteiger partial charge in [-0.1, -0.05) is 170 Å². The highest BCUT2D eigenvalue weighted by molar-refractivity contribution is 6.22. The first-order valence-corrected chi connectivity index (χ1v) is 20.2. The maximum Gasteiger partial charge on any atom is 0.164 e. The van der Waals surface area contributed by atoms with Crippen molar-refractivity contribution in [2.24, 2.45) is 0 Å². The molecule has 0 radical (unpaired) electrons. The number of rotatable bonds is 6. The normalized spacial score (nSPS) is 11.7. The molecule has 0 atom stereocenters. The molecule has 0 saturated heterocycles. The standard InChI is InChI=1S/C55H34N4O/c1-5-16-35(17-6-1)39-28-30-47-44(32-39)45-33-40(36-18-7-2-8-19-36)29-31-48(45)59(47)49-27-15-26-43-50-46(34-41-24-13-14-25-42(41)52(50)60-51(43)49)55-57-53(37-20-9-3-10-21-37)56-54(58-55)38-22-11-4-12-23-38/h1-34H. The Morgan fingerprint density at radius 2 is 0.817 bits per heavy atom. The summed E-state index contributed by atoms with van der Waals surface area (Å²) in [5, 5.41) is 6.38. The highest BCUT2D eigenvalue weighted by atomic mass is 16.3. The Kier molecular flexibility index (Phi) is 7.78. The molecule has 12 aromatic rings. The molecule has 0 amide bonds. The Bertz CT molecular complexity index is 3420. The average molecular weight is 767 g/mol. The van der Waals surface area contributed by atoms with Gasteiger partial charge < -0.3 is 8.98 Å². The van der Waals surface area contributed by atoms with Crippen LogP contribution in [-0.2, 0) is 0 Å². The summed E-state index contributed by atoms with van der Waals surface area (Å²) in [5.74, 6) is 1.82. The van der Waals surface area contributed by atoms with Crippen LogP contribution in [0.5, 0.6) is 0 Å². The summed E-state index contributed by atoms with van der Waals surface area (Å²) in [7, 11) is 0. The molecule has 3 heterocycles. The van der Waals surface area contributed by atoms with E-state index >= 15 is 0 Å². The lowest BCUT2D eigenvalue weighted by molar-refractivity contribution is 0.670. The fourth-order valence-electron chi connectivity index (χ4n) is 8.80. The van der Waals surface area contributed by atoms with E-state index in [9.17, 15) is 0 Å². The SMILES string of the molecule is c1ccc(-c2ccc3c(c2)c2cc(-c4ccccc4)ccc2n3-c2cccc3c2oc2c4ccccc4cc(-c4nc(-c5ccccc5)nc(-c5ccccc5)n4)c32)cc1. The molecule has 0 saturated carbocycles. The van der Waals surface area contributed by atoms with Crippen LogP contribution in [0.3, 0.4) is 0 Å². The summed E-state index contributed by atoms with van der Waals surface area (Å²) < 4.78 is 9.57. The molecule has 0 N–H and O–H groups in total. The lowest BCUT2D eigenvalue weighted by Gasteiger charge is -2.11. The van der Waals surface area contributed by atoms with E-state index in [-0.39, 0.29) is 0 Å². The summed E-state index contributed by atoms with van der Waals surface area (Å²) in [6.07, 6.45) is 0. The monoisotopic (exact) mass is 766 g/mol. The molecule has 0 aliphatic heterocycles. The summed E-state index contributed by atoms with van der Waals surface area (Å²) in [6, 6.07) is 72.1. The number of benzene rings is 9. The molecule has 5 heteroatoms. The van der Waals surface area contributed by atoms with Gasteiger partial charge in [-0.05, 0) is 64.0 Å². The lowest BCUT2D eigenvalue weighted by atomic mass is 9.99. The highest BCUT2D eigenvalue weighted by Crippen LogP contribution is 2.45. The largest absolute Gasteiger partial charge is 0.453 e. The minimum absolute atomic E-state index is 0.588. The van der Waals surface area contributed by atoms with Crippen LogP contribution in [0.4, 0.5) is 0 Å². The molecule has 0 unspecified atom stereocenters. The smallest absolute Gasteiger partial charge is 0.164 e. The quantitative estimate of drug-likeness (QED) is 0.169. The number of nitrogens with zero attached hydrogens (tertiary/aromatic N) is 4. The maximum atomic E-state index is 7.20. The van der Waals surface area contributed by atoms with Crippen molar-refractivity contribution in [2.45, 2.75) is 0 Å². The van der Waals surface area contributed by atoms with E-state index in [0.29, 0.717) is 17.5 Å². The second-order valence-corrected chi connectivity index (χ2v) is 15.2. The minimum atomic E-state index is 0.588. The van der Waals surface area contributed by atoms with E-state index in [4.69, 9.17) is 19.4 Å². The molecule has 0 bridgehead atoms. The first-order valence-electron chi connectivity index (χ1n) is 20.2. The van der Waals surface area contributed by atoms with Crippen molar-refractivity contribution >= 4 is 54.5 Å². The molecule has 0 spiro atoms. The predicted octanol–water partition coefficient (Wildman–Crippen LogP) is 14.4. The first kappa shape index (κ1) is 33.9. The van der Waals surface area contributed by atoms with Gasteiger partial charge in [0, 0.05) is 43.6 Å². The third-order valence-corrected chi connectivity index (χ3v) is 11.6. The fourth-order valence-corrected chi connectivity index (χ4v) is 8.80. The Morgan fingerprint density at radius 1 is 0.333 bits per heavy atom. The van der Waals surface area contributed by atoms with Crippen molar-refractivity contribution in [3.05, 3.63) is 206 Å². The van der Waals surface area contributed by atoms with Crippen LogP contribution in [0.1, 0.15) is 0 Å². The summed E-state index contributed by atoms with van der Waals surface area (Å²) in [6.45, 7) is 0. The summed E-state index contributed by atoms with van der Waals surface area (Å²) in [5.41, 5.74) is 12.2. The zero-order valence-corrected chi connectivity index (χ0v) is 32.3. The van der Waals surface area contributed by atoms with Crippen LogP contribution in [0, 0.1) is 0 Å². The molecule has 5 nitrogen and oxygen atoms in total. The molecular weight excluding hydrogens is 733 g/mol. The van der Waals surface area contributed by atoms with Gasteiger partial charge in [-0.25, -0.2) is 15.0 Å². The van der Waals surface area contributed by atoms with Gasteiger partial charge in [-0.15, -0.1) is 0 Å². The van der Waals surface area contributed by atoms with Gasteiger partial charge in [0.25, 0.3) is 0 Å². The number of para-hydroxylation sites is 1. The van der Waals surface area contributed by atoms with Crippen molar-refractivity contribution in [3.63, 3.8) is 0 Å². The van der Waals surface area contributed by atoms with Crippen molar-refractivity contribution in [1.29, 1.82) is 0 Å². The molecule has 0 aliphatic rings. The number of furan rings is 1. The summed E-state index contributed by atoms with van der Waals surface area (Å²) >= 11 is 0. The van der Waals surface area contributed by atoms with E-state index in [1.54, 1.807) is 0 Å². The van der Waals surface area contributed by atoms with Crippen LogP contribution in [0.25, 0.3) is 117 Å².